The highest BCUT2D eigenvalue weighted by atomic mass is 32.2. The third-order valence-electron chi connectivity index (χ3n) is 6.54. The molecule has 0 bridgehead atoms. The Morgan fingerprint density at radius 2 is 1.63 bits per heavy atom. The molecule has 0 radical (unpaired) electrons. The first kappa shape index (κ1) is 24.7. The van der Waals surface area contributed by atoms with E-state index in [4.69, 9.17) is 9.47 Å². The van der Waals surface area contributed by atoms with Crippen molar-refractivity contribution in [3.05, 3.63) is 89.0 Å². The fourth-order valence-corrected chi connectivity index (χ4v) is 5.11. The molecule has 3 aromatic carbocycles. The van der Waals surface area contributed by atoms with E-state index in [0.717, 1.165) is 16.0 Å². The number of thioether (sulfide) groups is 1. The number of amides is 2. The second kappa shape index (κ2) is 10.4. The molecule has 1 aliphatic rings. The largest absolute Gasteiger partial charge is 0.493 e. The molecule has 7 heteroatoms. The Labute approximate surface area is 210 Å². The van der Waals surface area contributed by atoms with Crippen molar-refractivity contribution in [2.45, 2.75) is 23.4 Å². The van der Waals surface area contributed by atoms with Crippen molar-refractivity contribution in [2.75, 3.05) is 34.6 Å². The van der Waals surface area contributed by atoms with Gasteiger partial charge in [0.25, 0.3) is 5.91 Å². The normalized spacial score (nSPS) is 17.1. The van der Waals surface area contributed by atoms with E-state index < -0.39 is 12.0 Å². The number of likely N-dealkylation sites (N-methyl/N-ethyl adjacent to an activating group) is 2. The molecule has 1 heterocycles. The van der Waals surface area contributed by atoms with Gasteiger partial charge in [-0.05, 0) is 47.2 Å². The van der Waals surface area contributed by atoms with Crippen molar-refractivity contribution in [1.29, 1.82) is 0 Å². The summed E-state index contributed by atoms with van der Waals surface area (Å²) in [6, 6.07) is 20.9. The Hall–Kier alpha value is -3.45. The lowest BCUT2D eigenvalue weighted by molar-refractivity contribution is -0.133. The van der Waals surface area contributed by atoms with Crippen LogP contribution in [0, 0.1) is 0 Å². The van der Waals surface area contributed by atoms with Crippen molar-refractivity contribution in [2.24, 2.45) is 0 Å². The molecule has 0 spiro atoms. The number of carbonyl (C=O) groups excluding carboxylic acids is 2. The van der Waals surface area contributed by atoms with Crippen LogP contribution in [0.15, 0.2) is 71.6 Å². The van der Waals surface area contributed by atoms with Gasteiger partial charge in [0, 0.05) is 31.1 Å². The maximum atomic E-state index is 14.1. The monoisotopic (exact) mass is 490 g/mol. The smallest absolute Gasteiger partial charge is 0.254 e. The minimum absolute atomic E-state index is 0.0689. The maximum Gasteiger partial charge on any atom is 0.254 e. The molecule has 0 saturated heterocycles. The summed E-state index contributed by atoms with van der Waals surface area (Å²) in [5.41, 5.74) is 3.05. The highest BCUT2D eigenvalue weighted by Gasteiger charge is 2.44. The summed E-state index contributed by atoms with van der Waals surface area (Å²) < 4.78 is 11.0. The van der Waals surface area contributed by atoms with Crippen LogP contribution in [0.1, 0.15) is 39.0 Å². The molecule has 182 valence electrons. The Morgan fingerprint density at radius 1 is 1.00 bits per heavy atom. The number of rotatable bonds is 7. The molecule has 1 aliphatic heterocycles. The van der Waals surface area contributed by atoms with Gasteiger partial charge in [-0.25, -0.2) is 0 Å². The molecular formula is C28H30N2O4S. The van der Waals surface area contributed by atoms with Crippen LogP contribution in [-0.4, -0.2) is 56.2 Å². The molecule has 0 aromatic heterocycles. The van der Waals surface area contributed by atoms with Gasteiger partial charge >= 0.3 is 0 Å². The first-order chi connectivity index (χ1) is 16.9. The predicted molar refractivity (Wildman–Crippen MR) is 138 cm³/mol. The number of nitrogens with zero attached hydrogens (tertiary/aromatic N) is 2. The molecule has 35 heavy (non-hydrogen) atoms. The maximum absolute atomic E-state index is 14.1. The minimum atomic E-state index is -0.610. The highest BCUT2D eigenvalue weighted by Crippen LogP contribution is 2.46. The zero-order valence-electron chi connectivity index (χ0n) is 20.6. The van der Waals surface area contributed by atoms with Gasteiger partial charge in [-0.2, -0.15) is 0 Å². The van der Waals surface area contributed by atoms with Gasteiger partial charge in [-0.15, -0.1) is 11.8 Å². The first-order valence-corrected chi connectivity index (χ1v) is 12.6. The number of fused-ring (bicyclic) bond motifs is 1. The number of benzene rings is 3. The van der Waals surface area contributed by atoms with E-state index in [1.165, 1.54) is 7.11 Å². The third kappa shape index (κ3) is 4.73. The van der Waals surface area contributed by atoms with E-state index >= 15 is 0 Å². The molecule has 2 atom stereocenters. The van der Waals surface area contributed by atoms with Gasteiger partial charge in [-0.3, -0.25) is 9.59 Å². The number of hydrogen-bond acceptors (Lipinski definition) is 5. The van der Waals surface area contributed by atoms with Crippen LogP contribution in [0.4, 0.5) is 0 Å². The Bertz CT molecular complexity index is 1210. The molecule has 0 saturated carbocycles. The first-order valence-electron chi connectivity index (χ1n) is 11.4. The Kier molecular flexibility index (Phi) is 7.36. The zero-order chi connectivity index (χ0) is 25.1. The van der Waals surface area contributed by atoms with E-state index in [9.17, 15) is 9.59 Å². The van der Waals surface area contributed by atoms with Crippen LogP contribution in [0.3, 0.4) is 0 Å². The highest BCUT2D eigenvalue weighted by molar-refractivity contribution is 7.98. The summed E-state index contributed by atoms with van der Waals surface area (Å²) in [6.07, 6.45) is 2.02. The van der Waals surface area contributed by atoms with Crippen LogP contribution in [-0.2, 0) is 11.3 Å². The lowest BCUT2D eigenvalue weighted by Crippen LogP contribution is -2.46. The quantitative estimate of drug-likeness (QED) is 0.437. The van der Waals surface area contributed by atoms with E-state index in [1.807, 2.05) is 60.9 Å². The van der Waals surface area contributed by atoms with Gasteiger partial charge < -0.3 is 19.3 Å². The fourth-order valence-electron chi connectivity index (χ4n) is 4.71. The third-order valence-corrected chi connectivity index (χ3v) is 7.28. The average Bonchev–Trinajstić information content (AvgIpc) is 2.90. The van der Waals surface area contributed by atoms with Crippen LogP contribution in [0.25, 0.3) is 0 Å². The summed E-state index contributed by atoms with van der Waals surface area (Å²) in [7, 11) is 6.65. The molecule has 2 unspecified atom stereocenters. The fraction of sp³-hybridized carbons (Fsp3) is 0.286. The Balaban J connectivity index is 1.85. The molecule has 0 N–H and O–H groups in total. The number of hydrogen-bond donors (Lipinski definition) is 0. The Morgan fingerprint density at radius 3 is 2.23 bits per heavy atom. The van der Waals surface area contributed by atoms with Crippen molar-refractivity contribution < 1.29 is 19.1 Å². The summed E-state index contributed by atoms with van der Waals surface area (Å²) in [6.45, 7) is 0.467. The van der Waals surface area contributed by atoms with Crippen molar-refractivity contribution in [3.63, 3.8) is 0 Å². The minimum Gasteiger partial charge on any atom is -0.493 e. The van der Waals surface area contributed by atoms with E-state index in [-0.39, 0.29) is 11.8 Å². The number of methoxy groups -OCH3 is 2. The molecule has 4 rings (SSSR count). The van der Waals surface area contributed by atoms with Gasteiger partial charge in [0.15, 0.2) is 11.5 Å². The van der Waals surface area contributed by atoms with Gasteiger partial charge in [-0.1, -0.05) is 42.5 Å². The standard InChI is InChI=1S/C28H30N2O4S/c1-29(17-18-9-7-6-8-10-18)28(32)25-21-15-23(33-3)24(34-4)16-22(21)27(31)30(2)26(25)19-11-13-20(35-5)14-12-19/h6-16,25-26H,17H2,1-5H3. The zero-order valence-corrected chi connectivity index (χ0v) is 21.5. The predicted octanol–water partition coefficient (Wildman–Crippen LogP) is 4.99. The van der Waals surface area contributed by atoms with Gasteiger partial charge in [0.05, 0.1) is 26.2 Å². The van der Waals surface area contributed by atoms with Crippen LogP contribution >= 0.6 is 11.8 Å². The van der Waals surface area contributed by atoms with E-state index in [0.29, 0.717) is 29.2 Å². The molecule has 0 fully saturated rings. The summed E-state index contributed by atoms with van der Waals surface area (Å²) in [4.78, 5) is 32.1. The molecule has 0 aliphatic carbocycles. The van der Waals surface area contributed by atoms with Crippen molar-refractivity contribution >= 4 is 23.6 Å². The average molecular weight is 491 g/mol. The summed E-state index contributed by atoms with van der Waals surface area (Å²) in [5.74, 6) is 0.111. The number of carbonyl (C=O) groups is 2. The lowest BCUT2D eigenvalue weighted by atomic mass is 9.79. The van der Waals surface area contributed by atoms with E-state index in [1.54, 1.807) is 54.9 Å². The lowest BCUT2D eigenvalue weighted by Gasteiger charge is -2.41. The molecule has 2 amide bonds. The van der Waals surface area contributed by atoms with Gasteiger partial charge in [0.2, 0.25) is 5.91 Å². The second-order valence-electron chi connectivity index (χ2n) is 8.59. The summed E-state index contributed by atoms with van der Waals surface area (Å²) >= 11 is 1.65. The molecular weight excluding hydrogens is 460 g/mol. The SMILES string of the molecule is COc1cc2c(cc1OC)C(C(=O)N(C)Cc1ccccc1)C(c1ccc(SC)cc1)N(C)C2=O. The number of ether oxygens (including phenoxy) is 2. The van der Waals surface area contributed by atoms with Gasteiger partial charge in [0.1, 0.15) is 0 Å². The van der Waals surface area contributed by atoms with Crippen LogP contribution in [0.5, 0.6) is 11.5 Å². The molecule has 3 aromatic rings. The molecule has 6 nitrogen and oxygen atoms in total. The van der Waals surface area contributed by atoms with E-state index in [2.05, 4.69) is 0 Å². The van der Waals surface area contributed by atoms with Crippen LogP contribution in [0.2, 0.25) is 0 Å². The second-order valence-corrected chi connectivity index (χ2v) is 9.47. The van der Waals surface area contributed by atoms with Crippen molar-refractivity contribution in [3.8, 4) is 11.5 Å². The van der Waals surface area contributed by atoms with Crippen LogP contribution < -0.4 is 9.47 Å². The topological polar surface area (TPSA) is 59.1 Å². The van der Waals surface area contributed by atoms with Crippen molar-refractivity contribution in [1.82, 2.24) is 9.80 Å². The summed E-state index contributed by atoms with van der Waals surface area (Å²) in [5, 5.41) is 0.